The first-order valence-electron chi connectivity index (χ1n) is 8.19. The second kappa shape index (κ2) is 6.91. The van der Waals surface area contributed by atoms with Gasteiger partial charge >= 0.3 is 0 Å². The van der Waals surface area contributed by atoms with Crippen molar-refractivity contribution in [3.63, 3.8) is 0 Å². The molecule has 27 heavy (non-hydrogen) atoms. The fourth-order valence-electron chi connectivity index (χ4n) is 2.77. The Labute approximate surface area is 154 Å². The largest absolute Gasteiger partial charge is 0.497 e. The van der Waals surface area contributed by atoms with Crippen molar-refractivity contribution in [2.45, 2.75) is 6.54 Å². The fraction of sp³-hybridized carbons (Fsp3) is 0.158. The molecule has 2 aromatic heterocycles. The van der Waals surface area contributed by atoms with Crippen LogP contribution >= 0.6 is 0 Å². The van der Waals surface area contributed by atoms with Crippen molar-refractivity contribution in [3.8, 4) is 23.0 Å². The first-order valence-corrected chi connectivity index (χ1v) is 8.19. The molecule has 8 nitrogen and oxygen atoms in total. The molecule has 0 aliphatic rings. The van der Waals surface area contributed by atoms with E-state index in [1.54, 1.807) is 50.6 Å². The lowest BCUT2D eigenvalue weighted by atomic mass is 10.2. The van der Waals surface area contributed by atoms with E-state index in [0.717, 1.165) is 0 Å². The van der Waals surface area contributed by atoms with Gasteiger partial charge in [0.25, 0.3) is 11.4 Å². The zero-order chi connectivity index (χ0) is 18.8. The van der Waals surface area contributed by atoms with Crippen LogP contribution in [0, 0.1) is 0 Å². The highest BCUT2D eigenvalue weighted by atomic mass is 16.5. The van der Waals surface area contributed by atoms with Crippen molar-refractivity contribution in [3.05, 3.63) is 65.0 Å². The SMILES string of the molecule is COc1ccc(-c2nc(Cn3cnc4ccccc4c3=O)no2)c(OC)c1. The van der Waals surface area contributed by atoms with Crippen molar-refractivity contribution < 1.29 is 14.0 Å². The van der Waals surface area contributed by atoms with Crippen molar-refractivity contribution >= 4 is 10.9 Å². The predicted octanol–water partition coefficient (Wildman–Crippen LogP) is 2.51. The Hall–Kier alpha value is -3.68. The Balaban J connectivity index is 1.66. The third-order valence-electron chi connectivity index (χ3n) is 4.15. The van der Waals surface area contributed by atoms with Gasteiger partial charge in [0.15, 0.2) is 5.82 Å². The lowest BCUT2D eigenvalue weighted by molar-refractivity contribution is 0.389. The summed E-state index contributed by atoms with van der Waals surface area (Å²) in [6, 6.07) is 12.5. The number of hydrogen-bond donors (Lipinski definition) is 0. The second-order valence-corrected chi connectivity index (χ2v) is 5.78. The van der Waals surface area contributed by atoms with E-state index in [1.807, 2.05) is 6.07 Å². The minimum absolute atomic E-state index is 0.151. The lowest BCUT2D eigenvalue weighted by Crippen LogP contribution is -2.21. The number of para-hydroxylation sites is 1. The topological polar surface area (TPSA) is 92.3 Å². The van der Waals surface area contributed by atoms with Gasteiger partial charge in [0.1, 0.15) is 11.5 Å². The molecule has 0 saturated heterocycles. The van der Waals surface area contributed by atoms with Crippen LogP contribution in [0.25, 0.3) is 22.4 Å². The van der Waals surface area contributed by atoms with Gasteiger partial charge in [-0.1, -0.05) is 17.3 Å². The average molecular weight is 364 g/mol. The molecule has 0 spiro atoms. The second-order valence-electron chi connectivity index (χ2n) is 5.78. The number of methoxy groups -OCH3 is 2. The smallest absolute Gasteiger partial charge is 0.261 e. The Morgan fingerprint density at radius 2 is 1.96 bits per heavy atom. The van der Waals surface area contributed by atoms with E-state index in [0.29, 0.717) is 39.7 Å². The van der Waals surface area contributed by atoms with E-state index in [1.165, 1.54) is 10.9 Å². The zero-order valence-corrected chi connectivity index (χ0v) is 14.7. The Morgan fingerprint density at radius 3 is 2.78 bits per heavy atom. The molecule has 0 unspecified atom stereocenters. The molecule has 8 heteroatoms. The third-order valence-corrected chi connectivity index (χ3v) is 4.15. The van der Waals surface area contributed by atoms with Crippen molar-refractivity contribution in [2.24, 2.45) is 0 Å². The molecule has 0 bridgehead atoms. The van der Waals surface area contributed by atoms with Crippen LogP contribution in [0.5, 0.6) is 11.5 Å². The molecule has 0 saturated carbocycles. The van der Waals surface area contributed by atoms with Crippen LogP contribution in [0.3, 0.4) is 0 Å². The maximum atomic E-state index is 12.6. The van der Waals surface area contributed by atoms with Crippen LogP contribution in [0.1, 0.15) is 5.82 Å². The Bertz CT molecular complexity index is 1170. The van der Waals surface area contributed by atoms with Gasteiger partial charge in [-0.05, 0) is 24.3 Å². The Kier molecular flexibility index (Phi) is 4.29. The van der Waals surface area contributed by atoms with Gasteiger partial charge in [-0.25, -0.2) is 4.98 Å². The minimum atomic E-state index is -0.158. The van der Waals surface area contributed by atoms with E-state index in [2.05, 4.69) is 15.1 Å². The first-order chi connectivity index (χ1) is 13.2. The summed E-state index contributed by atoms with van der Waals surface area (Å²) in [5.74, 6) is 1.87. The summed E-state index contributed by atoms with van der Waals surface area (Å²) in [5, 5.41) is 4.51. The van der Waals surface area contributed by atoms with Crippen LogP contribution in [0.2, 0.25) is 0 Å². The van der Waals surface area contributed by atoms with Gasteiger partial charge in [0.2, 0.25) is 0 Å². The van der Waals surface area contributed by atoms with Gasteiger partial charge in [0.05, 0.1) is 43.6 Å². The summed E-state index contributed by atoms with van der Waals surface area (Å²) in [7, 11) is 3.13. The standard InChI is InChI=1S/C19H16N4O4/c1-25-12-7-8-14(16(9-12)26-2)18-21-17(22-27-18)10-23-11-20-15-6-4-3-5-13(15)19(23)24/h3-9,11H,10H2,1-2H3. The number of aromatic nitrogens is 4. The highest BCUT2D eigenvalue weighted by Gasteiger charge is 2.15. The van der Waals surface area contributed by atoms with Crippen LogP contribution in [0.15, 0.2) is 58.1 Å². The summed E-state index contributed by atoms with van der Waals surface area (Å²) in [6.45, 7) is 0.151. The van der Waals surface area contributed by atoms with Crippen molar-refractivity contribution in [1.82, 2.24) is 19.7 Å². The molecule has 136 valence electrons. The molecule has 0 N–H and O–H groups in total. The highest BCUT2D eigenvalue weighted by Crippen LogP contribution is 2.32. The summed E-state index contributed by atoms with van der Waals surface area (Å²) in [4.78, 5) is 21.3. The average Bonchev–Trinajstić information content (AvgIpc) is 3.18. The molecule has 0 aliphatic heterocycles. The summed E-state index contributed by atoms with van der Waals surface area (Å²) in [6.07, 6.45) is 1.48. The van der Waals surface area contributed by atoms with E-state index in [9.17, 15) is 4.79 Å². The monoisotopic (exact) mass is 364 g/mol. The maximum Gasteiger partial charge on any atom is 0.261 e. The fourth-order valence-corrected chi connectivity index (χ4v) is 2.77. The number of ether oxygens (including phenoxy) is 2. The molecule has 2 heterocycles. The molecule has 0 fully saturated rings. The van der Waals surface area contributed by atoms with Crippen LogP contribution in [-0.4, -0.2) is 33.9 Å². The van der Waals surface area contributed by atoms with Crippen LogP contribution in [-0.2, 0) is 6.54 Å². The normalized spacial score (nSPS) is 10.9. The summed E-state index contributed by atoms with van der Waals surface area (Å²) in [5.41, 5.74) is 1.13. The van der Waals surface area contributed by atoms with Crippen LogP contribution in [0.4, 0.5) is 0 Å². The zero-order valence-electron chi connectivity index (χ0n) is 14.7. The molecular weight excluding hydrogens is 348 g/mol. The summed E-state index contributed by atoms with van der Waals surface area (Å²) >= 11 is 0. The Morgan fingerprint density at radius 1 is 1.11 bits per heavy atom. The molecule has 0 aliphatic carbocycles. The van der Waals surface area contributed by atoms with Gasteiger partial charge in [-0.15, -0.1) is 0 Å². The number of benzene rings is 2. The van der Waals surface area contributed by atoms with E-state index >= 15 is 0 Å². The van der Waals surface area contributed by atoms with Gasteiger partial charge in [-0.2, -0.15) is 4.98 Å². The van der Waals surface area contributed by atoms with E-state index in [-0.39, 0.29) is 12.1 Å². The predicted molar refractivity (Wildman–Crippen MR) is 97.9 cm³/mol. The third kappa shape index (κ3) is 3.12. The van der Waals surface area contributed by atoms with Crippen LogP contribution < -0.4 is 15.0 Å². The molecule has 4 rings (SSSR count). The number of rotatable bonds is 5. The molecular formula is C19H16N4O4. The van der Waals surface area contributed by atoms with Gasteiger partial charge < -0.3 is 14.0 Å². The minimum Gasteiger partial charge on any atom is -0.497 e. The maximum absolute atomic E-state index is 12.6. The highest BCUT2D eigenvalue weighted by molar-refractivity contribution is 5.76. The van der Waals surface area contributed by atoms with E-state index in [4.69, 9.17) is 14.0 Å². The molecule has 4 aromatic rings. The number of fused-ring (bicyclic) bond motifs is 1. The molecule has 0 amide bonds. The van der Waals surface area contributed by atoms with Gasteiger partial charge in [0, 0.05) is 6.07 Å². The number of nitrogens with zero attached hydrogens (tertiary/aromatic N) is 4. The summed E-state index contributed by atoms with van der Waals surface area (Å²) < 4.78 is 17.3. The van der Waals surface area contributed by atoms with Crippen molar-refractivity contribution in [2.75, 3.05) is 14.2 Å². The molecule has 2 aromatic carbocycles. The molecule has 0 atom stereocenters. The molecule has 0 radical (unpaired) electrons. The lowest BCUT2D eigenvalue weighted by Gasteiger charge is -2.07. The first kappa shape index (κ1) is 16.8. The number of hydrogen-bond acceptors (Lipinski definition) is 7. The van der Waals surface area contributed by atoms with Gasteiger partial charge in [-0.3, -0.25) is 9.36 Å². The van der Waals surface area contributed by atoms with Crippen molar-refractivity contribution in [1.29, 1.82) is 0 Å². The quantitative estimate of drug-likeness (QED) is 0.537. The van der Waals surface area contributed by atoms with E-state index < -0.39 is 0 Å².